The lowest BCUT2D eigenvalue weighted by molar-refractivity contribution is -0.141. The minimum absolute atomic E-state index is 0.0606. The second-order valence-corrected chi connectivity index (χ2v) is 4.21. The van der Waals surface area contributed by atoms with E-state index in [0.717, 1.165) is 6.42 Å². The first-order chi connectivity index (χ1) is 7.97. The molecule has 0 aromatic heterocycles. The molecule has 0 aromatic rings. The van der Waals surface area contributed by atoms with Crippen LogP contribution in [0.25, 0.3) is 0 Å². The summed E-state index contributed by atoms with van der Waals surface area (Å²) < 4.78 is 0. The predicted molar refractivity (Wildman–Crippen MR) is 66.8 cm³/mol. The lowest BCUT2D eigenvalue weighted by Crippen LogP contribution is -2.41. The molecule has 0 saturated heterocycles. The molecule has 0 radical (unpaired) electrons. The van der Waals surface area contributed by atoms with Crippen LogP contribution in [-0.2, 0) is 4.79 Å². The highest BCUT2D eigenvalue weighted by molar-refractivity contribution is 5.74. The fourth-order valence-corrected chi connectivity index (χ4v) is 1.32. The molecule has 98 valence electrons. The van der Waals surface area contributed by atoms with Crippen LogP contribution in [0.5, 0.6) is 0 Å². The second-order valence-electron chi connectivity index (χ2n) is 4.21. The molecule has 0 rings (SSSR count). The second kappa shape index (κ2) is 8.61. The van der Waals surface area contributed by atoms with Crippen LogP contribution in [0.15, 0.2) is 12.7 Å². The SMILES string of the molecule is C=CCC(C)NC(=O)NCCCC(C)C(=O)O. The van der Waals surface area contributed by atoms with E-state index >= 15 is 0 Å². The molecule has 0 aliphatic heterocycles. The summed E-state index contributed by atoms with van der Waals surface area (Å²) in [5.41, 5.74) is 0. The lowest BCUT2D eigenvalue weighted by atomic mass is 10.1. The van der Waals surface area contributed by atoms with Gasteiger partial charge in [0.05, 0.1) is 5.92 Å². The Balaban J connectivity index is 3.58. The highest BCUT2D eigenvalue weighted by atomic mass is 16.4. The van der Waals surface area contributed by atoms with Crippen LogP contribution in [0.3, 0.4) is 0 Å². The summed E-state index contributed by atoms with van der Waals surface area (Å²) in [6, 6.07) is -0.159. The number of urea groups is 1. The highest BCUT2D eigenvalue weighted by Gasteiger charge is 2.10. The predicted octanol–water partition coefficient (Wildman–Crippen LogP) is 1.75. The van der Waals surface area contributed by atoms with Gasteiger partial charge in [0.1, 0.15) is 0 Å². The van der Waals surface area contributed by atoms with Gasteiger partial charge in [-0.05, 0) is 26.2 Å². The molecule has 3 N–H and O–H groups in total. The van der Waals surface area contributed by atoms with Gasteiger partial charge in [-0.3, -0.25) is 4.79 Å². The number of rotatable bonds is 8. The van der Waals surface area contributed by atoms with Crippen molar-refractivity contribution in [3.63, 3.8) is 0 Å². The van der Waals surface area contributed by atoms with Gasteiger partial charge >= 0.3 is 12.0 Å². The van der Waals surface area contributed by atoms with Crippen LogP contribution < -0.4 is 10.6 Å². The van der Waals surface area contributed by atoms with Gasteiger partial charge in [0.25, 0.3) is 0 Å². The Hall–Kier alpha value is -1.52. The molecule has 0 aliphatic carbocycles. The Morgan fingerprint density at radius 3 is 2.59 bits per heavy atom. The molecule has 17 heavy (non-hydrogen) atoms. The van der Waals surface area contributed by atoms with Crippen LogP contribution in [0.4, 0.5) is 4.79 Å². The Labute approximate surface area is 102 Å². The van der Waals surface area contributed by atoms with E-state index in [1.165, 1.54) is 0 Å². The fraction of sp³-hybridized carbons (Fsp3) is 0.667. The van der Waals surface area contributed by atoms with Gasteiger partial charge in [0.2, 0.25) is 0 Å². The van der Waals surface area contributed by atoms with Crippen molar-refractivity contribution < 1.29 is 14.7 Å². The van der Waals surface area contributed by atoms with E-state index in [1.807, 2.05) is 6.92 Å². The standard InChI is InChI=1S/C12H22N2O3/c1-4-6-10(3)14-12(17)13-8-5-7-9(2)11(15)16/h4,9-10H,1,5-8H2,2-3H3,(H,15,16)(H2,13,14,17). The number of carboxylic acid groups (broad SMARTS) is 1. The Bertz CT molecular complexity index is 266. The molecule has 0 bridgehead atoms. The largest absolute Gasteiger partial charge is 0.481 e. The molecule has 2 amide bonds. The van der Waals surface area contributed by atoms with Crippen molar-refractivity contribution in [3.8, 4) is 0 Å². The molecular weight excluding hydrogens is 220 g/mol. The normalized spacial score (nSPS) is 13.5. The number of nitrogens with one attached hydrogen (secondary N) is 2. The van der Waals surface area contributed by atoms with E-state index in [9.17, 15) is 9.59 Å². The topological polar surface area (TPSA) is 78.4 Å². The van der Waals surface area contributed by atoms with Crippen molar-refractivity contribution in [2.45, 2.75) is 39.2 Å². The molecule has 0 aliphatic rings. The van der Waals surface area contributed by atoms with Crippen molar-refractivity contribution in [3.05, 3.63) is 12.7 Å². The van der Waals surface area contributed by atoms with Crippen molar-refractivity contribution >= 4 is 12.0 Å². The number of amides is 2. The van der Waals surface area contributed by atoms with Crippen LogP contribution >= 0.6 is 0 Å². The summed E-state index contributed by atoms with van der Waals surface area (Å²) in [6.45, 7) is 7.64. The third kappa shape index (κ3) is 8.30. The Morgan fingerprint density at radius 1 is 1.41 bits per heavy atom. The van der Waals surface area contributed by atoms with Gasteiger partial charge < -0.3 is 15.7 Å². The van der Waals surface area contributed by atoms with E-state index < -0.39 is 5.97 Å². The molecule has 2 unspecified atom stereocenters. The molecule has 5 heteroatoms. The molecule has 0 saturated carbocycles. The molecule has 0 spiro atoms. The van der Waals surface area contributed by atoms with Crippen LogP contribution in [0.1, 0.15) is 33.1 Å². The number of carboxylic acids is 1. The smallest absolute Gasteiger partial charge is 0.315 e. The van der Waals surface area contributed by atoms with Crippen LogP contribution in [0, 0.1) is 5.92 Å². The summed E-state index contributed by atoms with van der Waals surface area (Å²) in [5, 5.41) is 14.1. The van der Waals surface area contributed by atoms with Crippen LogP contribution in [0.2, 0.25) is 0 Å². The average molecular weight is 242 g/mol. The zero-order valence-corrected chi connectivity index (χ0v) is 10.5. The van der Waals surface area contributed by atoms with Crippen molar-refractivity contribution in [1.82, 2.24) is 10.6 Å². The zero-order chi connectivity index (χ0) is 13.3. The molecular formula is C12H22N2O3. The maximum atomic E-state index is 11.3. The number of hydrogen-bond donors (Lipinski definition) is 3. The maximum Gasteiger partial charge on any atom is 0.315 e. The first-order valence-corrected chi connectivity index (χ1v) is 5.85. The number of carbonyl (C=O) groups is 2. The summed E-state index contributed by atoms with van der Waals surface area (Å²) in [4.78, 5) is 21.9. The van der Waals surface area contributed by atoms with Gasteiger partial charge in [-0.15, -0.1) is 6.58 Å². The first kappa shape index (κ1) is 15.5. The summed E-state index contributed by atoms with van der Waals surface area (Å²) in [6.07, 6.45) is 3.71. The molecule has 2 atom stereocenters. The van der Waals surface area contributed by atoms with E-state index in [4.69, 9.17) is 5.11 Å². The number of carbonyl (C=O) groups excluding carboxylic acids is 1. The lowest BCUT2D eigenvalue weighted by Gasteiger charge is -2.13. The van der Waals surface area contributed by atoms with Crippen molar-refractivity contribution in [2.75, 3.05) is 6.54 Å². The maximum absolute atomic E-state index is 11.3. The molecule has 0 aromatic carbocycles. The van der Waals surface area contributed by atoms with E-state index in [1.54, 1.807) is 13.0 Å². The highest BCUT2D eigenvalue weighted by Crippen LogP contribution is 2.04. The zero-order valence-electron chi connectivity index (χ0n) is 10.5. The van der Waals surface area contributed by atoms with Gasteiger partial charge in [-0.25, -0.2) is 4.79 Å². The van der Waals surface area contributed by atoms with E-state index in [-0.39, 0.29) is 18.0 Å². The van der Waals surface area contributed by atoms with Gasteiger partial charge in [-0.1, -0.05) is 13.0 Å². The van der Waals surface area contributed by atoms with Gasteiger partial charge in [0.15, 0.2) is 0 Å². The van der Waals surface area contributed by atoms with Crippen molar-refractivity contribution in [1.29, 1.82) is 0 Å². The minimum Gasteiger partial charge on any atom is -0.481 e. The number of hydrogen-bond acceptors (Lipinski definition) is 2. The summed E-state index contributed by atoms with van der Waals surface area (Å²) in [5.74, 6) is -1.16. The summed E-state index contributed by atoms with van der Waals surface area (Å²) in [7, 11) is 0. The summed E-state index contributed by atoms with van der Waals surface area (Å²) >= 11 is 0. The fourth-order valence-electron chi connectivity index (χ4n) is 1.32. The van der Waals surface area contributed by atoms with Crippen LogP contribution in [-0.4, -0.2) is 29.7 Å². The Morgan fingerprint density at radius 2 is 2.06 bits per heavy atom. The quantitative estimate of drug-likeness (QED) is 0.448. The molecule has 5 nitrogen and oxygen atoms in total. The monoisotopic (exact) mass is 242 g/mol. The molecule has 0 fully saturated rings. The Kier molecular flexibility index (Phi) is 7.84. The molecule has 0 heterocycles. The minimum atomic E-state index is -0.797. The van der Waals surface area contributed by atoms with E-state index in [2.05, 4.69) is 17.2 Å². The van der Waals surface area contributed by atoms with Crippen molar-refractivity contribution in [2.24, 2.45) is 5.92 Å². The van der Waals surface area contributed by atoms with E-state index in [0.29, 0.717) is 19.4 Å². The average Bonchev–Trinajstić information content (AvgIpc) is 2.24. The number of aliphatic carboxylic acids is 1. The van der Waals surface area contributed by atoms with Gasteiger partial charge in [-0.2, -0.15) is 0 Å². The third-order valence-corrected chi connectivity index (χ3v) is 2.42. The first-order valence-electron chi connectivity index (χ1n) is 5.85. The van der Waals surface area contributed by atoms with Gasteiger partial charge in [0, 0.05) is 12.6 Å². The third-order valence-electron chi connectivity index (χ3n) is 2.42.